The Morgan fingerprint density at radius 2 is 1.79 bits per heavy atom. The van der Waals surface area contributed by atoms with Crippen LogP contribution in [0.15, 0.2) is 23.2 Å². The molecule has 6 nitrogen and oxygen atoms in total. The zero-order valence-electron chi connectivity index (χ0n) is 18.0. The van der Waals surface area contributed by atoms with Crippen molar-refractivity contribution in [2.45, 2.75) is 63.5 Å². The monoisotopic (exact) mass is 386 g/mol. The second-order valence-electron chi connectivity index (χ2n) is 8.49. The lowest BCUT2D eigenvalue weighted by Gasteiger charge is -2.48. The summed E-state index contributed by atoms with van der Waals surface area (Å²) in [7, 11) is 5.89. The maximum atomic E-state index is 4.69. The zero-order chi connectivity index (χ0) is 19.8. The molecule has 1 aliphatic heterocycles. The molecule has 0 spiro atoms. The number of hydrogen-bond acceptors (Lipinski definition) is 4. The Morgan fingerprint density at radius 1 is 1.07 bits per heavy atom. The second kappa shape index (κ2) is 10.1. The standard InChI is InChI=1S/C22H38N6/c1-23-21(24-17-19-11-10-12-20(26-19)27(2)3)25-18-22(13-6-4-7-14-22)28-15-8-5-9-16-28/h10-12H,4-9,13-18H2,1-3H3,(H2,23,24,25). The van der Waals surface area contributed by atoms with Crippen LogP contribution in [-0.2, 0) is 6.54 Å². The number of pyridine rings is 1. The predicted octanol–water partition coefficient (Wildman–Crippen LogP) is 3.00. The van der Waals surface area contributed by atoms with E-state index >= 15 is 0 Å². The van der Waals surface area contributed by atoms with Crippen molar-refractivity contribution >= 4 is 11.8 Å². The van der Waals surface area contributed by atoms with E-state index in [-0.39, 0.29) is 0 Å². The van der Waals surface area contributed by atoms with E-state index < -0.39 is 0 Å². The van der Waals surface area contributed by atoms with Gasteiger partial charge in [-0.15, -0.1) is 0 Å². The van der Waals surface area contributed by atoms with E-state index in [0.717, 1.165) is 24.0 Å². The first-order valence-electron chi connectivity index (χ1n) is 11.0. The van der Waals surface area contributed by atoms with Crippen LogP contribution < -0.4 is 15.5 Å². The fraction of sp³-hybridized carbons (Fsp3) is 0.727. The third-order valence-corrected chi connectivity index (χ3v) is 6.31. The lowest BCUT2D eigenvalue weighted by molar-refractivity contribution is 0.0368. The molecule has 1 aromatic heterocycles. The van der Waals surface area contributed by atoms with Crippen molar-refractivity contribution in [3.63, 3.8) is 0 Å². The van der Waals surface area contributed by atoms with Gasteiger partial charge in [-0.25, -0.2) is 4.98 Å². The molecule has 2 fully saturated rings. The number of guanidine groups is 1. The molecule has 1 saturated carbocycles. The van der Waals surface area contributed by atoms with Gasteiger partial charge in [-0.1, -0.05) is 31.7 Å². The molecule has 1 aliphatic carbocycles. The van der Waals surface area contributed by atoms with Gasteiger partial charge in [0.1, 0.15) is 5.82 Å². The summed E-state index contributed by atoms with van der Waals surface area (Å²) >= 11 is 0. The van der Waals surface area contributed by atoms with Gasteiger partial charge in [0.25, 0.3) is 0 Å². The molecule has 1 aromatic rings. The molecule has 0 radical (unpaired) electrons. The molecular formula is C22H38N6. The van der Waals surface area contributed by atoms with Gasteiger partial charge in [-0.05, 0) is 50.9 Å². The maximum Gasteiger partial charge on any atom is 0.191 e. The van der Waals surface area contributed by atoms with Crippen molar-refractivity contribution in [2.75, 3.05) is 45.7 Å². The van der Waals surface area contributed by atoms with E-state index in [1.54, 1.807) is 0 Å². The third-order valence-electron chi connectivity index (χ3n) is 6.31. The normalized spacial score (nSPS) is 20.6. The highest BCUT2D eigenvalue weighted by atomic mass is 15.3. The van der Waals surface area contributed by atoms with E-state index in [4.69, 9.17) is 0 Å². The number of nitrogens with one attached hydrogen (secondary N) is 2. The molecule has 0 aromatic carbocycles. The van der Waals surface area contributed by atoms with Crippen molar-refractivity contribution in [2.24, 2.45) is 4.99 Å². The summed E-state index contributed by atoms with van der Waals surface area (Å²) in [5, 5.41) is 7.09. The van der Waals surface area contributed by atoms with Crippen molar-refractivity contribution in [1.29, 1.82) is 0 Å². The maximum absolute atomic E-state index is 4.69. The molecule has 0 amide bonds. The Morgan fingerprint density at radius 3 is 2.46 bits per heavy atom. The third kappa shape index (κ3) is 5.37. The van der Waals surface area contributed by atoms with Crippen molar-refractivity contribution in [3.8, 4) is 0 Å². The van der Waals surface area contributed by atoms with Crippen LogP contribution in [0.4, 0.5) is 5.82 Å². The molecule has 0 atom stereocenters. The molecule has 3 rings (SSSR count). The van der Waals surface area contributed by atoms with E-state index in [9.17, 15) is 0 Å². The first-order chi connectivity index (χ1) is 13.6. The highest BCUT2D eigenvalue weighted by Gasteiger charge is 2.38. The fourth-order valence-electron chi connectivity index (χ4n) is 4.64. The largest absolute Gasteiger partial charge is 0.363 e. The number of piperidine rings is 1. The van der Waals surface area contributed by atoms with Crippen LogP contribution in [0.3, 0.4) is 0 Å². The van der Waals surface area contributed by atoms with Gasteiger partial charge >= 0.3 is 0 Å². The highest BCUT2D eigenvalue weighted by molar-refractivity contribution is 5.79. The van der Waals surface area contributed by atoms with Gasteiger partial charge < -0.3 is 15.5 Å². The van der Waals surface area contributed by atoms with Gasteiger partial charge in [-0.2, -0.15) is 0 Å². The van der Waals surface area contributed by atoms with Crippen molar-refractivity contribution < 1.29 is 0 Å². The average molecular weight is 387 g/mol. The smallest absolute Gasteiger partial charge is 0.191 e. The molecule has 156 valence electrons. The van der Waals surface area contributed by atoms with E-state index in [1.807, 2.05) is 32.1 Å². The summed E-state index contributed by atoms with van der Waals surface area (Å²) in [5.74, 6) is 1.85. The predicted molar refractivity (Wildman–Crippen MR) is 118 cm³/mol. The number of anilines is 1. The minimum atomic E-state index is 0.305. The van der Waals surface area contributed by atoms with Crippen LogP contribution >= 0.6 is 0 Å². The Labute approximate surface area is 170 Å². The average Bonchev–Trinajstić information content (AvgIpc) is 2.75. The SMILES string of the molecule is CN=C(NCc1cccc(N(C)C)n1)NCC1(N2CCCCC2)CCCCC1. The summed E-state index contributed by atoms with van der Waals surface area (Å²) in [6.07, 6.45) is 10.8. The summed E-state index contributed by atoms with van der Waals surface area (Å²) in [6, 6.07) is 6.15. The van der Waals surface area contributed by atoms with Crippen LogP contribution in [0.1, 0.15) is 57.1 Å². The highest BCUT2D eigenvalue weighted by Crippen LogP contribution is 2.35. The van der Waals surface area contributed by atoms with Crippen LogP contribution in [0.2, 0.25) is 0 Å². The van der Waals surface area contributed by atoms with Crippen molar-refractivity contribution in [3.05, 3.63) is 23.9 Å². The lowest BCUT2D eigenvalue weighted by Crippen LogP contribution is -2.59. The topological polar surface area (TPSA) is 55.8 Å². The molecule has 0 bridgehead atoms. The molecule has 2 aliphatic rings. The minimum absolute atomic E-state index is 0.305. The number of aliphatic imine (C=N–C) groups is 1. The van der Waals surface area contributed by atoms with E-state index in [2.05, 4.69) is 37.6 Å². The molecular weight excluding hydrogens is 348 g/mol. The van der Waals surface area contributed by atoms with Crippen molar-refractivity contribution in [1.82, 2.24) is 20.5 Å². The van der Waals surface area contributed by atoms with E-state index in [1.165, 1.54) is 64.5 Å². The Bertz CT molecular complexity index is 630. The number of aromatic nitrogens is 1. The molecule has 1 saturated heterocycles. The first-order valence-corrected chi connectivity index (χ1v) is 11.0. The summed E-state index contributed by atoms with van der Waals surface area (Å²) in [5.41, 5.74) is 1.33. The molecule has 6 heteroatoms. The van der Waals surface area contributed by atoms with Gasteiger partial charge in [0.05, 0.1) is 12.2 Å². The summed E-state index contributed by atoms with van der Waals surface area (Å²) in [6.45, 7) is 4.18. The first kappa shape index (κ1) is 20.9. The van der Waals surface area contributed by atoms with Gasteiger partial charge in [0, 0.05) is 33.2 Å². The van der Waals surface area contributed by atoms with Crippen LogP contribution in [0.25, 0.3) is 0 Å². The zero-order valence-corrected chi connectivity index (χ0v) is 18.0. The summed E-state index contributed by atoms with van der Waals surface area (Å²) < 4.78 is 0. The van der Waals surface area contributed by atoms with Crippen LogP contribution in [-0.4, -0.2) is 62.2 Å². The van der Waals surface area contributed by atoms with Gasteiger partial charge in [0.2, 0.25) is 0 Å². The van der Waals surface area contributed by atoms with Gasteiger partial charge in [-0.3, -0.25) is 9.89 Å². The molecule has 2 heterocycles. The minimum Gasteiger partial charge on any atom is -0.363 e. The second-order valence-corrected chi connectivity index (χ2v) is 8.49. The number of likely N-dealkylation sites (tertiary alicyclic amines) is 1. The number of hydrogen-bond donors (Lipinski definition) is 2. The van der Waals surface area contributed by atoms with Crippen LogP contribution in [0.5, 0.6) is 0 Å². The quantitative estimate of drug-likeness (QED) is 0.581. The van der Waals surface area contributed by atoms with Gasteiger partial charge in [0.15, 0.2) is 5.96 Å². The Kier molecular flexibility index (Phi) is 7.54. The fourth-order valence-corrected chi connectivity index (χ4v) is 4.64. The Balaban J connectivity index is 1.58. The molecule has 2 N–H and O–H groups in total. The Hall–Kier alpha value is -1.82. The molecule has 0 unspecified atom stereocenters. The number of nitrogens with zero attached hydrogens (tertiary/aromatic N) is 4. The van der Waals surface area contributed by atoms with Crippen LogP contribution in [0, 0.1) is 0 Å². The lowest BCUT2D eigenvalue weighted by atomic mass is 9.79. The van der Waals surface area contributed by atoms with E-state index in [0.29, 0.717) is 12.1 Å². The molecule has 28 heavy (non-hydrogen) atoms. The number of rotatable bonds is 6. The summed E-state index contributed by atoms with van der Waals surface area (Å²) in [4.78, 5) is 14.0.